The van der Waals surface area contributed by atoms with Gasteiger partial charge in [-0.3, -0.25) is 9.48 Å². The number of carbonyl (C=O) groups is 1. The van der Waals surface area contributed by atoms with Gasteiger partial charge in [-0.25, -0.2) is 4.39 Å². The zero-order chi connectivity index (χ0) is 24.7. The van der Waals surface area contributed by atoms with Crippen molar-refractivity contribution in [2.24, 2.45) is 5.92 Å². The summed E-state index contributed by atoms with van der Waals surface area (Å²) in [6, 6.07) is 3.60. The van der Waals surface area contributed by atoms with Crippen LogP contribution < -0.4 is 5.32 Å². The van der Waals surface area contributed by atoms with Crippen LogP contribution in [0.4, 0.5) is 30.7 Å². The average Bonchev–Trinajstić information content (AvgIpc) is 3.13. The van der Waals surface area contributed by atoms with Gasteiger partial charge in [-0.1, -0.05) is 12.1 Å². The van der Waals surface area contributed by atoms with E-state index in [4.69, 9.17) is 0 Å². The van der Waals surface area contributed by atoms with Gasteiger partial charge in [0.2, 0.25) is 5.91 Å². The first-order valence-corrected chi connectivity index (χ1v) is 10.9. The van der Waals surface area contributed by atoms with Crippen molar-refractivity contribution in [3.05, 3.63) is 52.6 Å². The van der Waals surface area contributed by atoms with Gasteiger partial charge in [0, 0.05) is 18.5 Å². The van der Waals surface area contributed by atoms with E-state index in [9.17, 15) is 35.5 Å². The van der Waals surface area contributed by atoms with Crippen LogP contribution in [0.15, 0.2) is 24.3 Å². The molecule has 4 rings (SSSR count). The maximum absolute atomic E-state index is 13.6. The van der Waals surface area contributed by atoms with Crippen molar-refractivity contribution in [1.82, 2.24) is 20.0 Å². The fourth-order valence-electron chi connectivity index (χ4n) is 4.62. The van der Waals surface area contributed by atoms with E-state index in [1.54, 1.807) is 0 Å². The summed E-state index contributed by atoms with van der Waals surface area (Å²) in [5.74, 6) is -1.33. The van der Waals surface area contributed by atoms with Gasteiger partial charge in [0.1, 0.15) is 11.9 Å². The highest BCUT2D eigenvalue weighted by Crippen LogP contribution is 2.36. The van der Waals surface area contributed by atoms with E-state index in [-0.39, 0.29) is 62.6 Å². The summed E-state index contributed by atoms with van der Waals surface area (Å²) >= 11 is 0. The molecule has 0 saturated carbocycles. The smallest absolute Gasteiger partial charge is 0.336 e. The summed E-state index contributed by atoms with van der Waals surface area (Å²) in [5, 5.41) is 6.17. The summed E-state index contributed by atoms with van der Waals surface area (Å²) in [4.78, 5) is 14.3. The van der Waals surface area contributed by atoms with Crippen molar-refractivity contribution in [3.8, 4) is 0 Å². The van der Waals surface area contributed by atoms with E-state index >= 15 is 0 Å². The highest BCUT2D eigenvalue weighted by molar-refractivity contribution is 5.76. The molecule has 1 N–H and O–H groups in total. The molecule has 1 amide bonds. The lowest BCUT2D eigenvalue weighted by Gasteiger charge is -2.33. The fourth-order valence-corrected chi connectivity index (χ4v) is 4.62. The Morgan fingerprint density at radius 1 is 1.12 bits per heavy atom. The van der Waals surface area contributed by atoms with E-state index in [1.165, 1.54) is 33.8 Å². The van der Waals surface area contributed by atoms with Crippen LogP contribution in [0.5, 0.6) is 0 Å². The monoisotopic (exact) mass is 492 g/mol. The molecule has 1 saturated heterocycles. The largest absolute Gasteiger partial charge is 0.435 e. The number of carbonyl (C=O) groups excluding carboxylic acids is 1. The van der Waals surface area contributed by atoms with Crippen molar-refractivity contribution in [2.75, 3.05) is 13.1 Å². The highest BCUT2D eigenvalue weighted by Gasteiger charge is 2.43. The first-order valence-electron chi connectivity index (χ1n) is 10.9. The molecule has 12 heteroatoms. The number of fused-ring (bicyclic) bond motifs is 1. The predicted octanol–water partition coefficient (Wildman–Crippen LogP) is 4.29. The Balaban J connectivity index is 1.51. The van der Waals surface area contributed by atoms with Gasteiger partial charge in [-0.05, 0) is 49.4 Å². The number of nitrogens with zero attached hydrogens (tertiary/aromatic N) is 3. The molecule has 34 heavy (non-hydrogen) atoms. The van der Waals surface area contributed by atoms with Crippen LogP contribution in [-0.2, 0) is 30.5 Å². The summed E-state index contributed by atoms with van der Waals surface area (Å²) < 4.78 is 94.2. The van der Waals surface area contributed by atoms with Crippen LogP contribution in [0.2, 0.25) is 0 Å². The van der Waals surface area contributed by atoms with Crippen molar-refractivity contribution in [1.29, 1.82) is 0 Å². The number of amides is 1. The molecule has 2 unspecified atom stereocenters. The quantitative estimate of drug-likeness (QED) is 0.648. The van der Waals surface area contributed by atoms with Crippen molar-refractivity contribution in [2.45, 2.75) is 57.2 Å². The number of alkyl halides is 6. The Labute approximate surface area is 190 Å². The standard InChI is InChI=1S/C22H23F7N4O/c23-15-3-1-13(2-4-15)11-33-17-12-32(8-6-16(17)20(31-33)22(27,28)29)19(34)10-14-5-7-30-18(9-14)21(24,25)26/h1-4,14,18,30H,5-12H2. The molecule has 0 aliphatic carbocycles. The lowest BCUT2D eigenvalue weighted by molar-refractivity contribution is -0.165. The van der Waals surface area contributed by atoms with Crippen LogP contribution in [0.1, 0.15) is 41.8 Å². The molecule has 5 nitrogen and oxygen atoms in total. The van der Waals surface area contributed by atoms with Crippen LogP contribution in [0.25, 0.3) is 0 Å². The van der Waals surface area contributed by atoms with Gasteiger partial charge >= 0.3 is 12.4 Å². The normalized spacial score (nSPS) is 21.4. The number of rotatable bonds is 4. The second-order valence-corrected chi connectivity index (χ2v) is 8.76. The third-order valence-electron chi connectivity index (χ3n) is 6.38. The molecule has 0 bridgehead atoms. The van der Waals surface area contributed by atoms with E-state index < -0.39 is 35.8 Å². The molecule has 2 aromatic rings. The maximum atomic E-state index is 13.6. The summed E-state index contributed by atoms with van der Waals surface area (Å²) in [6.45, 7) is 0.0187. The minimum absolute atomic E-state index is 0.0117. The molecule has 2 aliphatic heterocycles. The number of hydrogen-bond acceptors (Lipinski definition) is 3. The molecule has 1 fully saturated rings. The summed E-state index contributed by atoms with van der Waals surface area (Å²) in [7, 11) is 0. The molecule has 3 heterocycles. The van der Waals surface area contributed by atoms with E-state index in [2.05, 4.69) is 10.4 Å². The van der Waals surface area contributed by atoms with Crippen LogP contribution in [0.3, 0.4) is 0 Å². The molecule has 2 atom stereocenters. The SMILES string of the molecule is O=C(CC1CCNC(C(F)(F)F)C1)N1CCc2c(C(F)(F)F)nn(Cc3ccc(F)cc3)c2C1. The summed E-state index contributed by atoms with van der Waals surface area (Å²) in [5.41, 5.74) is -0.229. The van der Waals surface area contributed by atoms with Crippen molar-refractivity contribution >= 4 is 5.91 Å². The van der Waals surface area contributed by atoms with Gasteiger partial charge < -0.3 is 10.2 Å². The van der Waals surface area contributed by atoms with E-state index in [0.29, 0.717) is 12.0 Å². The minimum atomic E-state index is -4.67. The van der Waals surface area contributed by atoms with Gasteiger partial charge in [-0.15, -0.1) is 0 Å². The summed E-state index contributed by atoms with van der Waals surface area (Å²) in [6.07, 6.45) is -9.03. The van der Waals surface area contributed by atoms with Gasteiger partial charge in [0.15, 0.2) is 5.69 Å². The lowest BCUT2D eigenvalue weighted by Crippen LogP contribution is -2.48. The molecule has 1 aromatic carbocycles. The second-order valence-electron chi connectivity index (χ2n) is 8.76. The first kappa shape index (κ1) is 24.5. The fraction of sp³-hybridized carbons (Fsp3) is 0.545. The number of piperidine rings is 1. The van der Waals surface area contributed by atoms with Crippen molar-refractivity contribution < 1.29 is 35.5 Å². The first-order chi connectivity index (χ1) is 15.9. The molecular weight excluding hydrogens is 469 g/mol. The molecule has 1 aromatic heterocycles. The number of benzene rings is 1. The zero-order valence-corrected chi connectivity index (χ0v) is 18.0. The van der Waals surface area contributed by atoms with E-state index in [1.807, 2.05) is 0 Å². The molecule has 186 valence electrons. The zero-order valence-electron chi connectivity index (χ0n) is 18.0. The molecular formula is C22H23F7N4O. The van der Waals surface area contributed by atoms with Crippen LogP contribution >= 0.6 is 0 Å². The van der Waals surface area contributed by atoms with Crippen LogP contribution in [0, 0.1) is 11.7 Å². The number of halogens is 7. The Morgan fingerprint density at radius 3 is 2.47 bits per heavy atom. The number of nitrogens with one attached hydrogen (secondary N) is 1. The van der Waals surface area contributed by atoms with Crippen LogP contribution in [-0.4, -0.2) is 45.9 Å². The Kier molecular flexibility index (Phi) is 6.63. The number of hydrogen-bond donors (Lipinski definition) is 1. The minimum Gasteiger partial charge on any atom is -0.336 e. The van der Waals surface area contributed by atoms with Gasteiger partial charge in [-0.2, -0.15) is 31.4 Å². The molecule has 0 spiro atoms. The maximum Gasteiger partial charge on any atom is 0.435 e. The third kappa shape index (κ3) is 5.37. The third-order valence-corrected chi connectivity index (χ3v) is 6.38. The topological polar surface area (TPSA) is 50.2 Å². The lowest BCUT2D eigenvalue weighted by atomic mass is 9.88. The highest BCUT2D eigenvalue weighted by atomic mass is 19.4. The average molecular weight is 492 g/mol. The van der Waals surface area contributed by atoms with Gasteiger partial charge in [0.25, 0.3) is 0 Å². The number of aromatic nitrogens is 2. The second kappa shape index (κ2) is 9.20. The van der Waals surface area contributed by atoms with Gasteiger partial charge in [0.05, 0.1) is 18.8 Å². The van der Waals surface area contributed by atoms with E-state index in [0.717, 1.165) is 0 Å². The molecule has 2 aliphatic rings. The Hall–Kier alpha value is -2.63. The Morgan fingerprint density at radius 2 is 1.82 bits per heavy atom. The Bertz CT molecular complexity index is 1030. The molecule has 0 radical (unpaired) electrons. The predicted molar refractivity (Wildman–Crippen MR) is 107 cm³/mol. The van der Waals surface area contributed by atoms with Crippen molar-refractivity contribution in [3.63, 3.8) is 0 Å².